The van der Waals surface area contributed by atoms with Gasteiger partial charge in [-0.25, -0.2) is 0 Å². The minimum atomic E-state index is 0.524. The molecule has 1 N–H and O–H groups in total. The van der Waals surface area contributed by atoms with Crippen LogP contribution in [-0.2, 0) is 0 Å². The number of hydrogen-bond acceptors (Lipinski definition) is 1. The molecule has 1 aromatic carbocycles. The van der Waals surface area contributed by atoms with Crippen molar-refractivity contribution >= 4 is 0 Å². The van der Waals surface area contributed by atoms with Crippen LogP contribution in [-0.4, -0.2) is 6.54 Å². The number of benzene rings is 1. The molecule has 0 aliphatic heterocycles. The molecule has 20 heavy (non-hydrogen) atoms. The summed E-state index contributed by atoms with van der Waals surface area (Å²) in [4.78, 5) is 0. The van der Waals surface area contributed by atoms with Gasteiger partial charge in [-0.2, -0.15) is 0 Å². The van der Waals surface area contributed by atoms with E-state index in [1.165, 1.54) is 48.8 Å². The number of hydrogen-bond donors (Lipinski definition) is 1. The summed E-state index contributed by atoms with van der Waals surface area (Å²) in [6.07, 6.45) is 6.40. The molecule has 0 bridgehead atoms. The van der Waals surface area contributed by atoms with Gasteiger partial charge in [-0.05, 0) is 56.7 Å². The van der Waals surface area contributed by atoms with Crippen LogP contribution in [0.2, 0.25) is 0 Å². The van der Waals surface area contributed by atoms with Crippen molar-refractivity contribution in [3.05, 3.63) is 34.9 Å². The van der Waals surface area contributed by atoms with Crippen molar-refractivity contribution in [2.75, 3.05) is 6.54 Å². The average molecular weight is 275 g/mol. The van der Waals surface area contributed by atoms with Gasteiger partial charge in [-0.1, -0.05) is 57.4 Å². The van der Waals surface area contributed by atoms with Gasteiger partial charge >= 0.3 is 0 Å². The zero-order valence-corrected chi connectivity index (χ0v) is 14.1. The molecule has 1 nitrogen and oxygen atoms in total. The lowest BCUT2D eigenvalue weighted by molar-refractivity contribution is 0.315. The lowest BCUT2D eigenvalue weighted by Gasteiger charge is -2.30. The van der Waals surface area contributed by atoms with Crippen LogP contribution in [0, 0.1) is 19.8 Å². The fourth-order valence-electron chi connectivity index (χ4n) is 3.22. The van der Waals surface area contributed by atoms with Crippen molar-refractivity contribution in [2.24, 2.45) is 5.92 Å². The highest BCUT2D eigenvalue weighted by molar-refractivity contribution is 5.33. The highest BCUT2D eigenvalue weighted by Gasteiger charge is 2.22. The molecule has 1 atom stereocenters. The topological polar surface area (TPSA) is 12.0 Å². The Balaban J connectivity index is 3.01. The van der Waals surface area contributed by atoms with Gasteiger partial charge in [0.05, 0.1) is 0 Å². The molecule has 0 saturated heterocycles. The van der Waals surface area contributed by atoms with E-state index >= 15 is 0 Å². The van der Waals surface area contributed by atoms with E-state index in [-0.39, 0.29) is 0 Å². The van der Waals surface area contributed by atoms with Crippen LogP contribution in [0.1, 0.15) is 75.6 Å². The molecule has 114 valence electrons. The van der Waals surface area contributed by atoms with Crippen LogP contribution in [0.15, 0.2) is 18.2 Å². The van der Waals surface area contributed by atoms with Gasteiger partial charge in [-0.15, -0.1) is 0 Å². The minimum absolute atomic E-state index is 0.524. The third-order valence-electron chi connectivity index (χ3n) is 4.16. The molecule has 1 heteroatoms. The molecule has 0 aromatic heterocycles. The Morgan fingerprint density at radius 3 is 2.10 bits per heavy atom. The van der Waals surface area contributed by atoms with Gasteiger partial charge in [0, 0.05) is 6.04 Å². The average Bonchev–Trinajstić information content (AvgIpc) is 2.41. The molecule has 0 fully saturated rings. The molecule has 1 unspecified atom stereocenters. The largest absolute Gasteiger partial charge is 0.310 e. The molecule has 0 aliphatic carbocycles. The summed E-state index contributed by atoms with van der Waals surface area (Å²) in [6, 6.07) is 7.45. The first-order chi connectivity index (χ1) is 9.63. The molecule has 0 aliphatic rings. The number of rotatable bonds is 9. The first-order valence-corrected chi connectivity index (χ1v) is 8.44. The Hall–Kier alpha value is -0.820. The summed E-state index contributed by atoms with van der Waals surface area (Å²) in [5.74, 6) is 0.762. The molecular formula is C19H33N. The van der Waals surface area contributed by atoms with Crippen LogP contribution < -0.4 is 5.32 Å². The monoisotopic (exact) mass is 275 g/mol. The molecule has 0 radical (unpaired) electrons. The maximum Gasteiger partial charge on any atom is 0.0351 e. The first-order valence-electron chi connectivity index (χ1n) is 8.44. The van der Waals surface area contributed by atoms with Crippen LogP contribution in [0.5, 0.6) is 0 Å². The molecule has 0 heterocycles. The van der Waals surface area contributed by atoms with Crippen LogP contribution in [0.25, 0.3) is 0 Å². The van der Waals surface area contributed by atoms with Gasteiger partial charge < -0.3 is 5.32 Å². The van der Waals surface area contributed by atoms with Crippen molar-refractivity contribution in [3.8, 4) is 0 Å². The minimum Gasteiger partial charge on any atom is -0.310 e. The predicted molar refractivity (Wildman–Crippen MR) is 90.3 cm³/mol. The van der Waals surface area contributed by atoms with Gasteiger partial charge in [-0.3, -0.25) is 0 Å². The molecule has 0 spiro atoms. The molecular weight excluding hydrogens is 242 g/mol. The summed E-state index contributed by atoms with van der Waals surface area (Å²) in [5.41, 5.74) is 4.31. The van der Waals surface area contributed by atoms with E-state index in [0.717, 1.165) is 12.5 Å². The molecule has 0 amide bonds. The Bertz CT molecular complexity index is 377. The van der Waals surface area contributed by atoms with Crippen LogP contribution in [0.4, 0.5) is 0 Å². The third kappa shape index (κ3) is 4.94. The van der Waals surface area contributed by atoms with Gasteiger partial charge in [0.2, 0.25) is 0 Å². The lowest BCUT2D eigenvalue weighted by Crippen LogP contribution is -2.29. The van der Waals surface area contributed by atoms with Gasteiger partial charge in [0.25, 0.3) is 0 Å². The summed E-state index contributed by atoms with van der Waals surface area (Å²) >= 11 is 0. The summed E-state index contributed by atoms with van der Waals surface area (Å²) < 4.78 is 0. The maximum atomic E-state index is 3.82. The Kier molecular flexibility index (Phi) is 7.91. The van der Waals surface area contributed by atoms with Crippen molar-refractivity contribution in [3.63, 3.8) is 0 Å². The maximum absolute atomic E-state index is 3.82. The fraction of sp³-hybridized carbons (Fsp3) is 0.684. The standard InChI is InChI=1S/C19H33N/c1-6-9-17(10-7-2)19(20-13-8-3)18-12-11-15(4)14-16(18)5/h11-12,14,17,19-20H,6-10,13H2,1-5H3. The second-order valence-corrected chi connectivity index (χ2v) is 6.13. The Morgan fingerprint density at radius 2 is 1.60 bits per heavy atom. The van der Waals surface area contributed by atoms with Crippen molar-refractivity contribution < 1.29 is 0 Å². The van der Waals surface area contributed by atoms with E-state index in [1.807, 2.05) is 0 Å². The first kappa shape index (κ1) is 17.2. The summed E-state index contributed by atoms with van der Waals surface area (Å²) in [6.45, 7) is 12.4. The smallest absolute Gasteiger partial charge is 0.0351 e. The van der Waals surface area contributed by atoms with Crippen molar-refractivity contribution in [1.82, 2.24) is 5.32 Å². The van der Waals surface area contributed by atoms with E-state index in [4.69, 9.17) is 0 Å². The van der Waals surface area contributed by atoms with E-state index in [1.54, 1.807) is 0 Å². The number of aryl methyl sites for hydroxylation is 2. The highest BCUT2D eigenvalue weighted by Crippen LogP contribution is 2.31. The van der Waals surface area contributed by atoms with E-state index in [0.29, 0.717) is 6.04 Å². The van der Waals surface area contributed by atoms with E-state index in [9.17, 15) is 0 Å². The molecule has 0 saturated carbocycles. The Labute approximate surface area is 126 Å². The van der Waals surface area contributed by atoms with Crippen molar-refractivity contribution in [1.29, 1.82) is 0 Å². The second kappa shape index (κ2) is 9.18. The van der Waals surface area contributed by atoms with Crippen LogP contribution >= 0.6 is 0 Å². The third-order valence-corrected chi connectivity index (χ3v) is 4.16. The zero-order chi connectivity index (χ0) is 15.0. The fourth-order valence-corrected chi connectivity index (χ4v) is 3.22. The number of nitrogens with one attached hydrogen (secondary N) is 1. The quantitative estimate of drug-likeness (QED) is 0.622. The van der Waals surface area contributed by atoms with Gasteiger partial charge in [0.15, 0.2) is 0 Å². The van der Waals surface area contributed by atoms with Crippen molar-refractivity contribution in [2.45, 2.75) is 72.8 Å². The van der Waals surface area contributed by atoms with Crippen LogP contribution in [0.3, 0.4) is 0 Å². The Morgan fingerprint density at radius 1 is 0.950 bits per heavy atom. The second-order valence-electron chi connectivity index (χ2n) is 6.13. The zero-order valence-electron chi connectivity index (χ0n) is 14.1. The predicted octanol–water partition coefficient (Wildman–Crippen LogP) is 5.56. The highest BCUT2D eigenvalue weighted by atomic mass is 14.9. The lowest BCUT2D eigenvalue weighted by atomic mass is 9.84. The van der Waals surface area contributed by atoms with Gasteiger partial charge in [0.1, 0.15) is 0 Å². The normalized spacial score (nSPS) is 12.9. The summed E-state index contributed by atoms with van der Waals surface area (Å²) in [7, 11) is 0. The van der Waals surface area contributed by atoms with E-state index < -0.39 is 0 Å². The summed E-state index contributed by atoms with van der Waals surface area (Å²) in [5, 5.41) is 3.82. The van der Waals surface area contributed by atoms with E-state index in [2.05, 4.69) is 58.1 Å². The SMILES string of the molecule is CCCNC(c1ccc(C)cc1C)C(CCC)CCC. The molecule has 1 aromatic rings. The molecule has 1 rings (SSSR count).